The van der Waals surface area contributed by atoms with Crippen molar-refractivity contribution in [2.45, 2.75) is 11.8 Å². The third-order valence-electron chi connectivity index (χ3n) is 2.02. The minimum absolute atomic E-state index is 0.303. The van der Waals surface area contributed by atoms with E-state index in [1.807, 2.05) is 0 Å². The molecule has 90 valence electrons. The molecule has 0 aliphatic carbocycles. The van der Waals surface area contributed by atoms with Gasteiger partial charge in [0, 0.05) is 16.9 Å². The van der Waals surface area contributed by atoms with Crippen molar-refractivity contribution in [3.8, 4) is 0 Å². The van der Waals surface area contributed by atoms with Gasteiger partial charge in [-0.3, -0.25) is 10.3 Å². The van der Waals surface area contributed by atoms with E-state index in [1.165, 1.54) is 0 Å². The number of amides is 1. The Labute approximate surface area is 103 Å². The third kappa shape index (κ3) is 2.68. The van der Waals surface area contributed by atoms with E-state index in [1.54, 1.807) is 31.0 Å². The van der Waals surface area contributed by atoms with Crippen LogP contribution in [0.2, 0.25) is 0 Å². The van der Waals surface area contributed by atoms with Crippen LogP contribution in [0.4, 0.5) is 22.1 Å². The third-order valence-corrected chi connectivity index (χ3v) is 2.96. The summed E-state index contributed by atoms with van der Waals surface area (Å²) < 4.78 is 4.76. The molecule has 0 saturated heterocycles. The Bertz CT molecular complexity index is 476. The number of nitrogens with zero attached hydrogens (tertiary/aromatic N) is 2. The van der Waals surface area contributed by atoms with Gasteiger partial charge in [0.25, 0.3) is 0 Å². The molecule has 7 heteroatoms. The lowest BCUT2D eigenvalue weighted by atomic mass is 10.3. The van der Waals surface area contributed by atoms with Crippen molar-refractivity contribution in [3.63, 3.8) is 0 Å². The van der Waals surface area contributed by atoms with Gasteiger partial charge in [-0.2, -0.15) is 0 Å². The number of thioether (sulfide) groups is 1. The molecule has 1 aliphatic heterocycles. The molecule has 1 aromatic rings. The predicted molar refractivity (Wildman–Crippen MR) is 68.2 cm³/mol. The highest BCUT2D eigenvalue weighted by Gasteiger charge is 2.14. The van der Waals surface area contributed by atoms with Gasteiger partial charge in [0.15, 0.2) is 5.82 Å². The topological polar surface area (TPSA) is 89.6 Å². The fourth-order valence-electron chi connectivity index (χ4n) is 1.36. The van der Waals surface area contributed by atoms with Crippen molar-refractivity contribution in [1.29, 1.82) is 0 Å². The zero-order valence-electron chi connectivity index (χ0n) is 9.27. The molecule has 17 heavy (non-hydrogen) atoms. The first-order chi connectivity index (χ1) is 8.20. The summed E-state index contributed by atoms with van der Waals surface area (Å²) >= 11 is 1.60. The number of fused-ring (bicyclic) bond motifs is 1. The van der Waals surface area contributed by atoms with E-state index in [0.29, 0.717) is 23.9 Å². The first kappa shape index (κ1) is 11.7. The van der Waals surface area contributed by atoms with Crippen molar-refractivity contribution in [3.05, 3.63) is 6.07 Å². The van der Waals surface area contributed by atoms with Crippen LogP contribution in [0.3, 0.4) is 0 Å². The summed E-state index contributed by atoms with van der Waals surface area (Å²) in [5, 5.41) is 2.52. The molecule has 0 atom stereocenters. The SMILES string of the molecule is CCOC(=O)Nc1cc2c(c(N)n1)N=CCS2. The number of aliphatic imine (C=N–C) groups is 1. The van der Waals surface area contributed by atoms with E-state index in [2.05, 4.69) is 15.3 Å². The molecular weight excluding hydrogens is 240 g/mol. The summed E-state index contributed by atoms with van der Waals surface area (Å²) in [6.45, 7) is 2.05. The molecule has 0 unspecified atom stereocenters. The Morgan fingerprint density at radius 3 is 3.29 bits per heavy atom. The molecule has 1 aliphatic rings. The molecule has 6 nitrogen and oxygen atoms in total. The number of rotatable bonds is 2. The van der Waals surface area contributed by atoms with E-state index in [9.17, 15) is 4.79 Å². The number of anilines is 2. The zero-order chi connectivity index (χ0) is 12.3. The van der Waals surface area contributed by atoms with E-state index < -0.39 is 6.09 Å². The van der Waals surface area contributed by atoms with E-state index in [-0.39, 0.29) is 0 Å². The van der Waals surface area contributed by atoms with Crippen LogP contribution in [-0.4, -0.2) is 29.7 Å². The Balaban J connectivity index is 2.23. The monoisotopic (exact) mass is 252 g/mol. The maximum atomic E-state index is 11.2. The molecule has 2 heterocycles. The highest BCUT2D eigenvalue weighted by atomic mass is 32.2. The van der Waals surface area contributed by atoms with E-state index >= 15 is 0 Å². The van der Waals surface area contributed by atoms with Gasteiger partial charge in [0.1, 0.15) is 11.5 Å². The lowest BCUT2D eigenvalue weighted by molar-refractivity contribution is 0.168. The minimum Gasteiger partial charge on any atom is -0.450 e. The van der Waals surface area contributed by atoms with Gasteiger partial charge < -0.3 is 10.5 Å². The van der Waals surface area contributed by atoms with Crippen LogP contribution in [0.25, 0.3) is 0 Å². The van der Waals surface area contributed by atoms with Crippen LogP contribution < -0.4 is 11.1 Å². The fourth-order valence-corrected chi connectivity index (χ4v) is 2.18. The Hall–Kier alpha value is -1.76. The van der Waals surface area contributed by atoms with Crippen LogP contribution in [0.5, 0.6) is 0 Å². The number of ether oxygens (including phenoxy) is 1. The number of pyridine rings is 1. The van der Waals surface area contributed by atoms with Crippen molar-refractivity contribution < 1.29 is 9.53 Å². The van der Waals surface area contributed by atoms with Gasteiger partial charge in [-0.15, -0.1) is 11.8 Å². The number of carbonyl (C=O) groups is 1. The average molecular weight is 252 g/mol. The van der Waals surface area contributed by atoms with Gasteiger partial charge >= 0.3 is 6.09 Å². The molecule has 0 saturated carbocycles. The van der Waals surface area contributed by atoms with Gasteiger partial charge in [-0.25, -0.2) is 9.78 Å². The van der Waals surface area contributed by atoms with Crippen LogP contribution in [0.15, 0.2) is 16.0 Å². The van der Waals surface area contributed by atoms with Gasteiger partial charge in [-0.1, -0.05) is 0 Å². The molecule has 0 aromatic carbocycles. The molecular formula is C10H12N4O2S. The largest absolute Gasteiger partial charge is 0.450 e. The smallest absolute Gasteiger partial charge is 0.412 e. The minimum atomic E-state index is -0.538. The second kappa shape index (κ2) is 5.05. The second-order valence-electron chi connectivity index (χ2n) is 3.21. The fraction of sp³-hybridized carbons (Fsp3) is 0.300. The first-order valence-electron chi connectivity index (χ1n) is 5.10. The summed E-state index contributed by atoms with van der Waals surface area (Å²) in [4.78, 5) is 20.4. The average Bonchev–Trinajstić information content (AvgIpc) is 2.29. The summed E-state index contributed by atoms with van der Waals surface area (Å²) in [5.74, 6) is 1.47. The summed E-state index contributed by atoms with van der Waals surface area (Å²) in [6, 6.07) is 1.74. The Morgan fingerprint density at radius 1 is 1.71 bits per heavy atom. The molecule has 3 N–H and O–H groups in total. The molecule has 0 spiro atoms. The number of hydrogen-bond acceptors (Lipinski definition) is 6. The van der Waals surface area contributed by atoms with Crippen LogP contribution in [0, 0.1) is 0 Å². The lowest BCUT2D eigenvalue weighted by Crippen LogP contribution is -2.15. The number of nitrogen functional groups attached to an aromatic ring is 1. The number of carbonyl (C=O) groups excluding carboxylic acids is 1. The summed E-state index contributed by atoms with van der Waals surface area (Å²) in [6.07, 6.45) is 1.24. The standard InChI is InChI=1S/C10H12N4O2S/c1-2-16-10(15)14-7-5-6-8(9(11)13-7)12-3-4-17-6/h3,5H,2,4H2,1H3,(H3,11,13,14,15). The van der Waals surface area contributed by atoms with Crippen molar-refractivity contribution >= 4 is 41.4 Å². The van der Waals surface area contributed by atoms with Crippen LogP contribution >= 0.6 is 11.8 Å². The normalized spacial score (nSPS) is 13.0. The number of aromatic nitrogens is 1. The van der Waals surface area contributed by atoms with Crippen LogP contribution in [0.1, 0.15) is 6.92 Å². The Kier molecular flexibility index (Phi) is 3.48. The Morgan fingerprint density at radius 2 is 2.53 bits per heavy atom. The lowest BCUT2D eigenvalue weighted by Gasteiger charge is -2.13. The first-order valence-corrected chi connectivity index (χ1v) is 6.09. The van der Waals surface area contributed by atoms with Gasteiger partial charge in [0.2, 0.25) is 0 Å². The molecule has 0 bridgehead atoms. The quantitative estimate of drug-likeness (QED) is 0.840. The van der Waals surface area contributed by atoms with Crippen molar-refractivity contribution in [2.75, 3.05) is 23.4 Å². The maximum absolute atomic E-state index is 11.2. The van der Waals surface area contributed by atoms with Crippen molar-refractivity contribution in [1.82, 2.24) is 4.98 Å². The van der Waals surface area contributed by atoms with Gasteiger partial charge in [-0.05, 0) is 13.0 Å². The molecule has 0 fully saturated rings. The van der Waals surface area contributed by atoms with E-state index in [4.69, 9.17) is 10.5 Å². The highest BCUT2D eigenvalue weighted by molar-refractivity contribution is 8.00. The number of hydrogen-bond donors (Lipinski definition) is 2. The number of nitrogens with one attached hydrogen (secondary N) is 1. The van der Waals surface area contributed by atoms with Crippen molar-refractivity contribution in [2.24, 2.45) is 4.99 Å². The van der Waals surface area contributed by atoms with E-state index in [0.717, 1.165) is 10.6 Å². The second-order valence-corrected chi connectivity index (χ2v) is 4.27. The molecule has 0 radical (unpaired) electrons. The molecule has 1 aromatic heterocycles. The summed E-state index contributed by atoms with van der Waals surface area (Å²) in [7, 11) is 0. The zero-order valence-corrected chi connectivity index (χ0v) is 10.1. The predicted octanol–water partition coefficient (Wildman–Crippen LogP) is 2.04. The molecule has 2 rings (SSSR count). The van der Waals surface area contributed by atoms with Gasteiger partial charge in [0.05, 0.1) is 6.61 Å². The van der Waals surface area contributed by atoms with Crippen LogP contribution in [-0.2, 0) is 4.74 Å². The maximum Gasteiger partial charge on any atom is 0.412 e. The highest BCUT2D eigenvalue weighted by Crippen LogP contribution is 2.37. The number of nitrogens with two attached hydrogens (primary N) is 1. The molecule has 1 amide bonds. The summed E-state index contributed by atoms with van der Waals surface area (Å²) in [5.41, 5.74) is 6.42.